The summed E-state index contributed by atoms with van der Waals surface area (Å²) in [4.78, 5) is 2.47. The Bertz CT molecular complexity index is 572. The van der Waals surface area contributed by atoms with Gasteiger partial charge < -0.3 is 0 Å². The average molecular weight is 245 g/mol. The fourth-order valence-corrected chi connectivity index (χ4v) is 3.18. The van der Waals surface area contributed by atoms with E-state index < -0.39 is 0 Å². The van der Waals surface area contributed by atoms with Gasteiger partial charge in [-0.2, -0.15) is 0 Å². The summed E-state index contributed by atoms with van der Waals surface area (Å²) in [7, 11) is 0. The molecule has 0 saturated carbocycles. The van der Waals surface area contributed by atoms with Gasteiger partial charge in [0.25, 0.3) is 0 Å². The van der Waals surface area contributed by atoms with Gasteiger partial charge in [0.15, 0.2) is 0 Å². The van der Waals surface area contributed by atoms with Crippen LogP contribution in [0.2, 0.25) is 0 Å². The second-order valence-electron chi connectivity index (χ2n) is 3.63. The van der Waals surface area contributed by atoms with Crippen LogP contribution < -0.4 is 0 Å². The van der Waals surface area contributed by atoms with Crippen molar-refractivity contribution in [2.24, 2.45) is 0 Å². The summed E-state index contributed by atoms with van der Waals surface area (Å²) in [6, 6.07) is 16.6. The van der Waals surface area contributed by atoms with Crippen molar-refractivity contribution in [1.82, 2.24) is 0 Å². The molecule has 0 nitrogen and oxygen atoms in total. The Hall–Kier alpha value is -1.18. The average Bonchev–Trinajstić information content (AvgIpc) is 2.45. The molecular weight excluding hydrogens is 236 g/mol. The Morgan fingerprint density at radius 3 is 2.38 bits per heavy atom. The normalized spacial score (nSPS) is 13.4. The van der Waals surface area contributed by atoms with Gasteiger partial charge in [-0.3, -0.25) is 0 Å². The molecule has 16 heavy (non-hydrogen) atoms. The highest BCUT2D eigenvalue weighted by molar-refractivity contribution is 7.99. The second-order valence-corrected chi connectivity index (χ2v) is 5.12. The van der Waals surface area contributed by atoms with Crippen LogP contribution in [0.25, 0.3) is 11.1 Å². The van der Waals surface area contributed by atoms with Crippen LogP contribution in [0, 0.1) is 0 Å². The summed E-state index contributed by atoms with van der Waals surface area (Å²) in [6.45, 7) is 0. The number of rotatable bonds is 0. The fraction of sp³-hybridized carbons (Fsp3) is 0. The van der Waals surface area contributed by atoms with Crippen LogP contribution in [0.5, 0.6) is 0 Å². The topological polar surface area (TPSA) is 0 Å². The first-order chi connectivity index (χ1) is 7.84. The summed E-state index contributed by atoms with van der Waals surface area (Å²) >= 11 is 8.10. The third kappa shape index (κ3) is 1.66. The van der Waals surface area contributed by atoms with E-state index in [2.05, 4.69) is 30.3 Å². The Morgan fingerprint density at radius 2 is 1.50 bits per heavy atom. The van der Waals surface area contributed by atoms with Gasteiger partial charge in [0.05, 0.1) is 0 Å². The van der Waals surface area contributed by atoms with Gasteiger partial charge in [-0.15, -0.1) is 0 Å². The molecule has 1 aliphatic rings. The molecule has 1 heterocycles. The van der Waals surface area contributed by atoms with Crippen LogP contribution in [0.3, 0.4) is 0 Å². The van der Waals surface area contributed by atoms with Crippen LogP contribution in [-0.4, -0.2) is 0 Å². The van der Waals surface area contributed by atoms with Gasteiger partial charge in [-0.25, -0.2) is 0 Å². The molecule has 0 fully saturated rings. The molecule has 0 saturated heterocycles. The van der Waals surface area contributed by atoms with E-state index >= 15 is 0 Å². The van der Waals surface area contributed by atoms with Crippen LogP contribution in [0.4, 0.5) is 0 Å². The third-order valence-corrected chi connectivity index (χ3v) is 4.05. The highest BCUT2D eigenvalue weighted by Gasteiger charge is 2.13. The fourth-order valence-electron chi connectivity index (χ4n) is 1.78. The zero-order valence-corrected chi connectivity index (χ0v) is 10.1. The largest absolute Gasteiger partial charge is 0.0888 e. The molecule has 78 valence electrons. The van der Waals surface area contributed by atoms with Crippen molar-refractivity contribution < 1.29 is 0 Å². The Labute approximate surface area is 104 Å². The first-order valence-electron chi connectivity index (χ1n) is 5.08. The molecule has 0 radical (unpaired) electrons. The lowest BCUT2D eigenvalue weighted by atomic mass is 10.1. The summed E-state index contributed by atoms with van der Waals surface area (Å²) < 4.78 is 0. The number of benzene rings is 2. The van der Waals surface area contributed by atoms with Crippen molar-refractivity contribution in [2.45, 2.75) is 9.79 Å². The van der Waals surface area contributed by atoms with E-state index in [0.29, 0.717) is 0 Å². The van der Waals surface area contributed by atoms with Crippen molar-refractivity contribution in [3.8, 4) is 0 Å². The second kappa shape index (κ2) is 4.00. The van der Waals surface area contributed by atoms with E-state index in [9.17, 15) is 0 Å². The lowest BCUT2D eigenvalue weighted by Gasteiger charge is -2.04. The molecule has 0 aromatic heterocycles. The maximum atomic E-state index is 6.33. The molecule has 2 aromatic rings. The number of fused-ring (bicyclic) bond motifs is 2. The van der Waals surface area contributed by atoms with Crippen LogP contribution in [0.1, 0.15) is 11.1 Å². The maximum absolute atomic E-state index is 6.33. The van der Waals surface area contributed by atoms with Crippen molar-refractivity contribution in [3.63, 3.8) is 0 Å². The molecule has 0 bridgehead atoms. The predicted molar refractivity (Wildman–Crippen MR) is 70.7 cm³/mol. The quantitative estimate of drug-likeness (QED) is 0.636. The van der Waals surface area contributed by atoms with Crippen molar-refractivity contribution in [2.75, 3.05) is 0 Å². The van der Waals surface area contributed by atoms with Crippen LogP contribution in [-0.2, 0) is 0 Å². The molecule has 0 amide bonds. The van der Waals surface area contributed by atoms with E-state index in [1.807, 2.05) is 24.3 Å². The highest BCUT2D eigenvalue weighted by atomic mass is 35.5. The smallest absolute Gasteiger partial charge is 0.0496 e. The van der Waals surface area contributed by atoms with Gasteiger partial charge in [0, 0.05) is 20.4 Å². The van der Waals surface area contributed by atoms with Gasteiger partial charge in [-0.05, 0) is 23.8 Å². The Balaban J connectivity index is 2.25. The first-order valence-corrected chi connectivity index (χ1v) is 6.27. The predicted octanol–water partition coefficient (Wildman–Crippen LogP) is 4.89. The van der Waals surface area contributed by atoms with Crippen molar-refractivity contribution >= 4 is 34.5 Å². The molecule has 1 aliphatic heterocycles. The monoisotopic (exact) mass is 244 g/mol. The summed E-state index contributed by atoms with van der Waals surface area (Å²) in [6.07, 6.45) is 2.04. The molecule has 2 aromatic carbocycles. The Morgan fingerprint density at radius 1 is 0.812 bits per heavy atom. The van der Waals surface area contributed by atoms with E-state index in [0.717, 1.165) is 10.6 Å². The van der Waals surface area contributed by atoms with E-state index in [-0.39, 0.29) is 0 Å². The third-order valence-electron chi connectivity index (χ3n) is 2.57. The maximum Gasteiger partial charge on any atom is 0.0496 e. The molecule has 2 heteroatoms. The first kappa shape index (κ1) is 10.0. The molecule has 3 rings (SSSR count). The highest BCUT2D eigenvalue weighted by Crippen LogP contribution is 2.41. The number of halogens is 1. The molecular formula is C14H9ClS. The SMILES string of the molecule is ClC1=Cc2ccccc2Sc2ccccc21. The van der Waals surface area contributed by atoms with E-state index in [4.69, 9.17) is 11.6 Å². The summed E-state index contributed by atoms with van der Waals surface area (Å²) in [5.74, 6) is 0. The summed E-state index contributed by atoms with van der Waals surface area (Å²) in [5.41, 5.74) is 2.30. The van der Waals surface area contributed by atoms with E-state index in [1.165, 1.54) is 15.4 Å². The van der Waals surface area contributed by atoms with Crippen molar-refractivity contribution in [1.29, 1.82) is 0 Å². The lowest BCUT2D eigenvalue weighted by molar-refractivity contribution is 1.39. The van der Waals surface area contributed by atoms with Gasteiger partial charge in [-0.1, -0.05) is 59.8 Å². The number of hydrogen-bond acceptors (Lipinski definition) is 1. The molecule has 0 spiro atoms. The minimum atomic E-state index is 0.813. The zero-order valence-electron chi connectivity index (χ0n) is 8.48. The van der Waals surface area contributed by atoms with E-state index in [1.54, 1.807) is 11.8 Å². The standard InChI is InChI=1S/C14H9ClS/c15-12-9-10-5-1-3-7-13(10)16-14-8-4-2-6-11(12)14/h1-9H. The lowest BCUT2D eigenvalue weighted by Crippen LogP contribution is -1.79. The van der Waals surface area contributed by atoms with Gasteiger partial charge in [0.2, 0.25) is 0 Å². The molecule has 0 aliphatic carbocycles. The Kier molecular flexibility index (Phi) is 2.50. The van der Waals surface area contributed by atoms with Gasteiger partial charge in [0.1, 0.15) is 0 Å². The minimum Gasteiger partial charge on any atom is -0.0888 e. The molecule has 0 N–H and O–H groups in total. The zero-order chi connectivity index (χ0) is 11.0. The van der Waals surface area contributed by atoms with Crippen LogP contribution in [0.15, 0.2) is 58.3 Å². The minimum absolute atomic E-state index is 0.813. The van der Waals surface area contributed by atoms with Crippen molar-refractivity contribution in [3.05, 3.63) is 59.7 Å². The number of hydrogen-bond donors (Lipinski definition) is 0. The van der Waals surface area contributed by atoms with Crippen LogP contribution >= 0.6 is 23.4 Å². The summed E-state index contributed by atoms with van der Waals surface area (Å²) in [5, 5.41) is 0.813. The van der Waals surface area contributed by atoms with Gasteiger partial charge >= 0.3 is 0 Å². The molecule has 0 atom stereocenters. The molecule has 0 unspecified atom stereocenters.